The summed E-state index contributed by atoms with van der Waals surface area (Å²) in [6.45, 7) is 3.15. The number of amides is 4. The summed E-state index contributed by atoms with van der Waals surface area (Å²) in [7, 11) is 8.87. The Labute approximate surface area is 316 Å². The number of methoxy groups -OCH3 is 1. The number of carbonyl (C=O) groups excluding carboxylic acids is 4. The van der Waals surface area contributed by atoms with Gasteiger partial charge in [-0.05, 0) is 72.8 Å². The van der Waals surface area contributed by atoms with Crippen LogP contribution < -0.4 is 31.3 Å². The first kappa shape index (κ1) is 36.3. The molecule has 15 heteroatoms. The maximum Gasteiger partial charge on any atom is 0.272 e. The molecule has 7 rings (SSSR count). The van der Waals surface area contributed by atoms with Gasteiger partial charge in [-0.25, -0.2) is 4.98 Å². The van der Waals surface area contributed by atoms with Crippen molar-refractivity contribution in [1.29, 1.82) is 0 Å². The van der Waals surface area contributed by atoms with Crippen molar-refractivity contribution in [3.05, 3.63) is 96.0 Å². The fraction of sp³-hybridized carbons (Fsp3) is 0.225. The molecule has 0 unspecified atom stereocenters. The summed E-state index contributed by atoms with van der Waals surface area (Å²) in [4.78, 5) is 54.6. The Balaban J connectivity index is 0.951. The number of pyridine rings is 1. The third kappa shape index (κ3) is 6.94. The molecular formula is C40H42N10O5. The summed E-state index contributed by atoms with van der Waals surface area (Å²) >= 11 is 0. The van der Waals surface area contributed by atoms with Gasteiger partial charge in [-0.2, -0.15) is 0 Å². The van der Waals surface area contributed by atoms with E-state index in [-0.39, 0.29) is 5.91 Å². The van der Waals surface area contributed by atoms with Crippen LogP contribution in [-0.4, -0.2) is 67.6 Å². The van der Waals surface area contributed by atoms with Crippen LogP contribution in [-0.2, 0) is 33.0 Å². The largest absolute Gasteiger partial charge is 0.497 e. The van der Waals surface area contributed by atoms with E-state index in [0.717, 1.165) is 38.6 Å². The number of anilines is 4. The third-order valence-electron chi connectivity index (χ3n) is 9.87. The van der Waals surface area contributed by atoms with Crippen LogP contribution >= 0.6 is 0 Å². The van der Waals surface area contributed by atoms with E-state index >= 15 is 0 Å². The summed E-state index contributed by atoms with van der Waals surface area (Å²) < 4.78 is 12.6. The van der Waals surface area contributed by atoms with Gasteiger partial charge >= 0.3 is 0 Å². The van der Waals surface area contributed by atoms with Gasteiger partial charge in [0, 0.05) is 87.7 Å². The van der Waals surface area contributed by atoms with Crippen LogP contribution in [0.5, 0.6) is 5.75 Å². The number of rotatable bonds is 13. The van der Waals surface area contributed by atoms with Crippen molar-refractivity contribution in [2.45, 2.75) is 13.3 Å². The third-order valence-corrected chi connectivity index (χ3v) is 9.87. The summed E-state index contributed by atoms with van der Waals surface area (Å²) in [5.41, 5.74) is 5.83. The minimum Gasteiger partial charge on any atom is -0.497 e. The zero-order valence-corrected chi connectivity index (χ0v) is 31.4. The number of aromatic nitrogens is 5. The smallest absolute Gasteiger partial charge is 0.272 e. The van der Waals surface area contributed by atoms with Gasteiger partial charge in [0.05, 0.1) is 29.7 Å². The van der Waals surface area contributed by atoms with E-state index in [0.29, 0.717) is 60.1 Å². The van der Waals surface area contributed by atoms with Crippen LogP contribution in [0.25, 0.3) is 32.6 Å². The Hall–Kier alpha value is -7.03. The number of nitrogens with one attached hydrogen (secondary N) is 5. The second kappa shape index (κ2) is 14.8. The number of benzene rings is 2. The maximum atomic E-state index is 13.2. The summed E-state index contributed by atoms with van der Waals surface area (Å²) in [5.74, 6) is 0.495. The Morgan fingerprint density at radius 2 is 1.35 bits per heavy atom. The molecule has 0 atom stereocenters. The van der Waals surface area contributed by atoms with Crippen LogP contribution in [0.4, 0.5) is 22.9 Å². The molecule has 0 radical (unpaired) electrons. The molecule has 0 aliphatic carbocycles. The van der Waals surface area contributed by atoms with Gasteiger partial charge < -0.3 is 49.6 Å². The average Bonchev–Trinajstić information content (AvgIpc) is 3.91. The lowest BCUT2D eigenvalue weighted by Crippen LogP contribution is -2.27. The van der Waals surface area contributed by atoms with E-state index < -0.39 is 11.8 Å². The highest BCUT2D eigenvalue weighted by atomic mass is 16.5. The first-order valence-corrected chi connectivity index (χ1v) is 17.7. The molecule has 55 heavy (non-hydrogen) atoms. The predicted octanol–water partition coefficient (Wildman–Crippen LogP) is 5.52. The Bertz CT molecular complexity index is 2640. The summed E-state index contributed by atoms with van der Waals surface area (Å²) in [6, 6.07) is 15.1. The highest BCUT2D eigenvalue weighted by Crippen LogP contribution is 2.38. The molecule has 5 aromatic heterocycles. The Morgan fingerprint density at radius 3 is 1.98 bits per heavy atom. The van der Waals surface area contributed by atoms with Crippen LogP contribution in [0.15, 0.2) is 73.3 Å². The normalized spacial score (nSPS) is 11.2. The van der Waals surface area contributed by atoms with Gasteiger partial charge in [-0.3, -0.25) is 19.2 Å². The predicted molar refractivity (Wildman–Crippen MR) is 214 cm³/mol. The Kier molecular flexibility index (Phi) is 9.76. The van der Waals surface area contributed by atoms with Crippen molar-refractivity contribution in [2.24, 2.45) is 28.2 Å². The van der Waals surface area contributed by atoms with E-state index in [4.69, 9.17) is 4.74 Å². The van der Waals surface area contributed by atoms with Crippen molar-refractivity contribution < 1.29 is 23.9 Å². The fourth-order valence-electron chi connectivity index (χ4n) is 7.17. The average molecular weight is 743 g/mol. The number of nitrogens with zero attached hydrogens (tertiary/aromatic N) is 5. The number of ether oxygens (including phenoxy) is 1. The second-order valence-electron chi connectivity index (χ2n) is 13.5. The van der Waals surface area contributed by atoms with Gasteiger partial charge in [0.25, 0.3) is 17.7 Å². The zero-order valence-electron chi connectivity index (χ0n) is 31.4. The fourth-order valence-corrected chi connectivity index (χ4v) is 7.17. The maximum absolute atomic E-state index is 13.2. The molecule has 0 fully saturated rings. The lowest BCUT2D eigenvalue weighted by atomic mass is 10.0. The highest BCUT2D eigenvalue weighted by Gasteiger charge is 2.19. The first-order valence-electron chi connectivity index (χ1n) is 17.7. The molecule has 4 amide bonds. The molecule has 0 bridgehead atoms. The topological polar surface area (TPSA) is 170 Å². The quantitative estimate of drug-likeness (QED) is 0.0766. The number of hydrogen-bond donors (Lipinski definition) is 5. The van der Waals surface area contributed by atoms with Gasteiger partial charge in [0.1, 0.15) is 28.6 Å². The molecule has 2 aromatic carbocycles. The molecular weight excluding hydrogens is 701 g/mol. The SMILES string of the molecule is COc1ccc2c(c1)c1cc3c(NCCCNC(=O)c4cc(NC(=O)c5cc(NC(=O)c6cc(NC=O)cn6C)cn5C)cn4C)nccc3c(C)c1n2C. The number of fused-ring (bicyclic) bond motifs is 4. The molecule has 0 aliphatic rings. The second-order valence-corrected chi connectivity index (χ2v) is 13.5. The van der Waals surface area contributed by atoms with E-state index in [1.165, 1.54) is 11.1 Å². The molecule has 0 saturated heterocycles. The van der Waals surface area contributed by atoms with E-state index in [2.05, 4.69) is 68.3 Å². The van der Waals surface area contributed by atoms with E-state index in [1.807, 2.05) is 18.3 Å². The van der Waals surface area contributed by atoms with Gasteiger partial charge in [-0.15, -0.1) is 0 Å². The van der Waals surface area contributed by atoms with Crippen molar-refractivity contribution in [2.75, 3.05) is 41.5 Å². The van der Waals surface area contributed by atoms with Crippen LogP contribution in [0.2, 0.25) is 0 Å². The first-order chi connectivity index (χ1) is 26.5. The Morgan fingerprint density at radius 1 is 0.727 bits per heavy atom. The highest BCUT2D eigenvalue weighted by molar-refractivity contribution is 6.16. The summed E-state index contributed by atoms with van der Waals surface area (Å²) in [6.07, 6.45) is 7.90. The van der Waals surface area contributed by atoms with Crippen molar-refractivity contribution in [3.8, 4) is 5.75 Å². The molecule has 0 saturated carbocycles. The molecule has 5 heterocycles. The standard InChI is InChI=1S/C40H42N10O5/c1-23-28-10-13-42-37(31(28)18-30-29-17-27(55-6)8-9-32(29)50(5)36(23)30)41-11-7-12-43-38(52)33-15-25(20-48(33)3)45-40(54)35-16-26(21-49(35)4)46-39(53)34-14-24(44-22-51)19-47(34)2/h8-10,13-22H,7,11-12H2,1-6H3,(H,41,42)(H,43,52)(H,44,51)(H,45,54)(H,46,53). The molecule has 7 aromatic rings. The lowest BCUT2D eigenvalue weighted by molar-refractivity contribution is -0.105. The van der Waals surface area contributed by atoms with E-state index in [9.17, 15) is 19.2 Å². The number of aryl methyl sites for hydroxylation is 5. The van der Waals surface area contributed by atoms with Gasteiger partial charge in [0.2, 0.25) is 6.41 Å². The minimum atomic E-state index is -0.416. The monoisotopic (exact) mass is 742 g/mol. The van der Waals surface area contributed by atoms with Crippen LogP contribution in [0.1, 0.15) is 43.4 Å². The zero-order chi connectivity index (χ0) is 39.0. The number of hydrogen-bond acceptors (Lipinski definition) is 7. The van der Waals surface area contributed by atoms with Gasteiger partial charge in [-0.1, -0.05) is 0 Å². The van der Waals surface area contributed by atoms with Crippen molar-refractivity contribution in [3.63, 3.8) is 0 Å². The van der Waals surface area contributed by atoms with Gasteiger partial charge in [0.15, 0.2) is 0 Å². The molecule has 0 aliphatic heterocycles. The van der Waals surface area contributed by atoms with E-state index in [1.54, 1.807) is 78.7 Å². The van der Waals surface area contributed by atoms with Crippen molar-refractivity contribution in [1.82, 2.24) is 28.6 Å². The minimum absolute atomic E-state index is 0.272. The molecule has 15 nitrogen and oxygen atoms in total. The van der Waals surface area contributed by atoms with Crippen molar-refractivity contribution >= 4 is 79.6 Å². The number of carbonyl (C=O) groups is 4. The van der Waals surface area contributed by atoms with Crippen LogP contribution in [0.3, 0.4) is 0 Å². The summed E-state index contributed by atoms with van der Waals surface area (Å²) in [5, 5.41) is 19.0. The molecule has 282 valence electrons. The molecule has 5 N–H and O–H groups in total. The lowest BCUT2D eigenvalue weighted by Gasteiger charge is -2.12. The van der Waals surface area contributed by atoms with Crippen LogP contribution in [0, 0.1) is 6.92 Å². The molecule has 0 spiro atoms.